The number of nitrogens with one attached hydrogen (secondary N) is 1. The molecule has 1 aromatic heterocycles. The van der Waals surface area contributed by atoms with E-state index in [1.807, 2.05) is 23.1 Å². The zero-order valence-electron chi connectivity index (χ0n) is 15.5. The number of rotatable bonds is 7. The highest BCUT2D eigenvalue weighted by Crippen LogP contribution is 2.31. The van der Waals surface area contributed by atoms with E-state index >= 15 is 0 Å². The van der Waals surface area contributed by atoms with Gasteiger partial charge in [-0.3, -0.25) is 4.79 Å². The predicted molar refractivity (Wildman–Crippen MR) is 98.8 cm³/mol. The minimum atomic E-state index is -0.106. The molecule has 144 valence electrons. The molecule has 0 bridgehead atoms. The van der Waals surface area contributed by atoms with Crippen molar-refractivity contribution in [1.82, 2.24) is 20.4 Å². The van der Waals surface area contributed by atoms with Gasteiger partial charge in [-0.25, -0.2) is 0 Å². The van der Waals surface area contributed by atoms with Crippen LogP contribution in [0.25, 0.3) is 0 Å². The molecule has 1 amide bonds. The Bertz CT molecular complexity index is 743. The fraction of sp³-hybridized carbons (Fsp3) is 0.550. The summed E-state index contributed by atoms with van der Waals surface area (Å²) in [5.74, 6) is 1.37. The maximum atomic E-state index is 12.3. The van der Waals surface area contributed by atoms with Crippen LogP contribution in [0.4, 0.5) is 0 Å². The number of ether oxygens (including phenoxy) is 1. The average Bonchev–Trinajstić information content (AvgIpc) is 3.33. The maximum Gasteiger partial charge on any atom is 0.249 e. The van der Waals surface area contributed by atoms with Crippen molar-refractivity contribution < 1.29 is 14.1 Å². The average molecular weight is 370 g/mol. The molecule has 2 saturated heterocycles. The first kappa shape index (κ1) is 18.1. The quantitative estimate of drug-likeness (QED) is 0.805. The van der Waals surface area contributed by atoms with Crippen molar-refractivity contribution in [2.75, 3.05) is 19.8 Å². The third-order valence-corrected chi connectivity index (χ3v) is 5.35. The van der Waals surface area contributed by atoms with Crippen LogP contribution in [0.2, 0.25) is 0 Å². The largest absolute Gasteiger partial charge is 0.381 e. The maximum absolute atomic E-state index is 12.3. The molecule has 7 nitrogen and oxygen atoms in total. The monoisotopic (exact) mass is 370 g/mol. The van der Waals surface area contributed by atoms with Crippen LogP contribution >= 0.6 is 0 Å². The van der Waals surface area contributed by atoms with Crippen LogP contribution in [0.3, 0.4) is 0 Å². The summed E-state index contributed by atoms with van der Waals surface area (Å²) >= 11 is 0. The van der Waals surface area contributed by atoms with Crippen molar-refractivity contribution in [3.63, 3.8) is 0 Å². The minimum absolute atomic E-state index is 0.106. The molecular weight excluding hydrogens is 344 g/mol. The van der Waals surface area contributed by atoms with Gasteiger partial charge in [-0.05, 0) is 31.2 Å². The smallest absolute Gasteiger partial charge is 0.249 e. The fourth-order valence-corrected chi connectivity index (χ4v) is 3.78. The lowest BCUT2D eigenvalue weighted by Crippen LogP contribution is -2.34. The van der Waals surface area contributed by atoms with Gasteiger partial charge in [-0.15, -0.1) is 0 Å². The standard InChI is InChI=1S/C20H26N4O3/c25-19-7-6-17(24(19)11-8-15-4-2-1-3-5-15)20-22-18(23-27-20)14-21-16-9-12-26-13-10-16/h1-5,16-17,21H,6-14H2/t17-/m0/s1. The van der Waals surface area contributed by atoms with Crippen LogP contribution in [0.1, 0.15) is 49.0 Å². The molecule has 1 N–H and O–H groups in total. The van der Waals surface area contributed by atoms with Gasteiger partial charge in [0.2, 0.25) is 11.8 Å². The molecule has 2 aliphatic heterocycles. The summed E-state index contributed by atoms with van der Waals surface area (Å²) in [5, 5.41) is 7.57. The molecule has 0 spiro atoms. The summed E-state index contributed by atoms with van der Waals surface area (Å²) in [6.07, 6.45) is 4.12. The molecule has 2 aromatic rings. The lowest BCUT2D eigenvalue weighted by Gasteiger charge is -2.22. The van der Waals surface area contributed by atoms with E-state index in [1.165, 1.54) is 5.56 Å². The Hall–Kier alpha value is -2.25. The second-order valence-electron chi connectivity index (χ2n) is 7.19. The number of benzene rings is 1. The van der Waals surface area contributed by atoms with Crippen LogP contribution in [0.15, 0.2) is 34.9 Å². The van der Waals surface area contributed by atoms with Gasteiger partial charge in [0.25, 0.3) is 0 Å². The second-order valence-corrected chi connectivity index (χ2v) is 7.19. The van der Waals surface area contributed by atoms with Gasteiger partial charge in [-0.1, -0.05) is 35.5 Å². The van der Waals surface area contributed by atoms with E-state index in [1.54, 1.807) is 0 Å². The molecular formula is C20H26N4O3. The van der Waals surface area contributed by atoms with E-state index in [0.717, 1.165) is 38.9 Å². The Balaban J connectivity index is 1.35. The number of hydrogen-bond donors (Lipinski definition) is 1. The molecule has 2 fully saturated rings. The minimum Gasteiger partial charge on any atom is -0.381 e. The summed E-state index contributed by atoms with van der Waals surface area (Å²) in [5.41, 5.74) is 1.22. The first-order chi connectivity index (χ1) is 13.3. The molecule has 7 heteroatoms. The Morgan fingerprint density at radius 2 is 1.96 bits per heavy atom. The summed E-state index contributed by atoms with van der Waals surface area (Å²) in [6.45, 7) is 2.86. The second kappa shape index (κ2) is 8.63. The molecule has 0 unspecified atom stereocenters. The molecule has 1 atom stereocenters. The Kier molecular flexibility index (Phi) is 5.79. The molecule has 1 aromatic carbocycles. The van der Waals surface area contributed by atoms with Gasteiger partial charge < -0.3 is 19.5 Å². The number of hydrogen-bond acceptors (Lipinski definition) is 6. The summed E-state index contributed by atoms with van der Waals surface area (Å²) < 4.78 is 10.9. The van der Waals surface area contributed by atoms with Gasteiger partial charge >= 0.3 is 0 Å². The third-order valence-electron chi connectivity index (χ3n) is 5.35. The highest BCUT2D eigenvalue weighted by molar-refractivity contribution is 5.78. The lowest BCUT2D eigenvalue weighted by molar-refractivity contribution is -0.129. The van der Waals surface area contributed by atoms with Crippen LogP contribution in [0, 0.1) is 0 Å². The Morgan fingerprint density at radius 3 is 2.78 bits per heavy atom. The first-order valence-corrected chi connectivity index (χ1v) is 9.76. The molecule has 27 heavy (non-hydrogen) atoms. The van der Waals surface area contributed by atoms with E-state index in [0.29, 0.717) is 37.3 Å². The number of carbonyl (C=O) groups excluding carboxylic acids is 1. The molecule has 4 rings (SSSR count). The van der Waals surface area contributed by atoms with Crippen molar-refractivity contribution >= 4 is 5.91 Å². The van der Waals surface area contributed by atoms with Crippen LogP contribution in [-0.4, -0.2) is 46.7 Å². The van der Waals surface area contributed by atoms with E-state index in [-0.39, 0.29) is 11.9 Å². The third kappa shape index (κ3) is 4.54. The van der Waals surface area contributed by atoms with Crippen LogP contribution in [0.5, 0.6) is 0 Å². The number of amides is 1. The fourth-order valence-electron chi connectivity index (χ4n) is 3.78. The number of aromatic nitrogens is 2. The normalized spacial score (nSPS) is 21.1. The number of carbonyl (C=O) groups is 1. The van der Waals surface area contributed by atoms with E-state index in [4.69, 9.17) is 9.26 Å². The van der Waals surface area contributed by atoms with Crippen LogP contribution in [-0.2, 0) is 22.5 Å². The summed E-state index contributed by atoms with van der Waals surface area (Å²) in [4.78, 5) is 18.8. The molecule has 0 saturated carbocycles. The van der Waals surface area contributed by atoms with Gasteiger partial charge in [0.05, 0.1) is 6.54 Å². The molecule has 2 aliphatic rings. The zero-order valence-corrected chi connectivity index (χ0v) is 15.5. The van der Waals surface area contributed by atoms with Gasteiger partial charge in [-0.2, -0.15) is 4.98 Å². The Labute approximate surface area is 159 Å². The zero-order chi connectivity index (χ0) is 18.5. The van der Waals surface area contributed by atoms with Crippen molar-refractivity contribution in [1.29, 1.82) is 0 Å². The van der Waals surface area contributed by atoms with E-state index in [2.05, 4.69) is 27.6 Å². The van der Waals surface area contributed by atoms with E-state index < -0.39 is 0 Å². The molecule has 3 heterocycles. The topological polar surface area (TPSA) is 80.5 Å². The predicted octanol–water partition coefficient (Wildman–Crippen LogP) is 2.24. The summed E-state index contributed by atoms with van der Waals surface area (Å²) in [6, 6.07) is 10.6. The highest BCUT2D eigenvalue weighted by Gasteiger charge is 2.35. The van der Waals surface area contributed by atoms with Gasteiger partial charge in [0.1, 0.15) is 6.04 Å². The number of nitrogens with zero attached hydrogens (tertiary/aromatic N) is 3. The van der Waals surface area contributed by atoms with Crippen molar-refractivity contribution in [2.45, 2.75) is 50.7 Å². The van der Waals surface area contributed by atoms with E-state index in [9.17, 15) is 4.79 Å². The van der Waals surface area contributed by atoms with Crippen molar-refractivity contribution in [2.24, 2.45) is 0 Å². The van der Waals surface area contributed by atoms with Crippen molar-refractivity contribution in [3.05, 3.63) is 47.6 Å². The SMILES string of the molecule is O=C1CC[C@@H](c2nc(CNC3CCOCC3)no2)N1CCc1ccccc1. The van der Waals surface area contributed by atoms with Crippen LogP contribution < -0.4 is 5.32 Å². The van der Waals surface area contributed by atoms with Crippen molar-refractivity contribution in [3.8, 4) is 0 Å². The highest BCUT2D eigenvalue weighted by atomic mass is 16.5. The summed E-state index contributed by atoms with van der Waals surface area (Å²) in [7, 11) is 0. The molecule has 0 radical (unpaired) electrons. The Morgan fingerprint density at radius 1 is 1.15 bits per heavy atom. The van der Waals surface area contributed by atoms with Gasteiger partial charge in [0, 0.05) is 32.2 Å². The van der Waals surface area contributed by atoms with Gasteiger partial charge in [0.15, 0.2) is 5.82 Å². The molecule has 0 aliphatic carbocycles. The number of likely N-dealkylation sites (tertiary alicyclic amines) is 1. The first-order valence-electron chi connectivity index (χ1n) is 9.76. The lowest BCUT2D eigenvalue weighted by atomic mass is 10.1.